The van der Waals surface area contributed by atoms with Crippen LogP contribution in [0.25, 0.3) is 0 Å². The summed E-state index contributed by atoms with van der Waals surface area (Å²) in [5, 5.41) is 21.8. The van der Waals surface area contributed by atoms with Crippen LogP contribution < -0.4 is 0 Å². The van der Waals surface area contributed by atoms with Crippen molar-refractivity contribution in [2.24, 2.45) is 62.6 Å². The molecule has 5 saturated carbocycles. The zero-order valence-electron chi connectivity index (χ0n) is 22.2. The molecule has 2 N–H and O–H groups in total. The number of aliphatic hydroxyl groups excluding tert-OH is 1. The van der Waals surface area contributed by atoms with Gasteiger partial charge < -0.3 is 15.0 Å². The van der Waals surface area contributed by atoms with Gasteiger partial charge in [-0.3, -0.25) is 4.79 Å². The molecule has 5 aliphatic carbocycles. The third kappa shape index (κ3) is 2.55. The van der Waals surface area contributed by atoms with Gasteiger partial charge in [0.25, 0.3) is 0 Å². The fraction of sp³-hybridized carbons (Fsp3) is 0.867. The van der Waals surface area contributed by atoms with Gasteiger partial charge in [0.15, 0.2) is 0 Å². The van der Waals surface area contributed by atoms with Crippen molar-refractivity contribution in [3.63, 3.8) is 0 Å². The lowest BCUT2D eigenvalue weighted by molar-refractivity contribution is -0.225. The summed E-state index contributed by atoms with van der Waals surface area (Å²) in [4.78, 5) is 25.2. The van der Waals surface area contributed by atoms with E-state index in [1.807, 2.05) is 0 Å². The third-order valence-electron chi connectivity index (χ3n) is 13.5. The molecule has 0 aromatic heterocycles. The average molecular weight is 471 g/mol. The second-order valence-electron chi connectivity index (χ2n) is 14.4. The van der Waals surface area contributed by atoms with Gasteiger partial charge >= 0.3 is 5.97 Å². The highest BCUT2D eigenvalue weighted by Gasteiger charge is 2.74. The smallest absolute Gasteiger partial charge is 0.309 e. The lowest BCUT2D eigenvalue weighted by Crippen LogP contribution is -2.65. The number of rotatable bonds is 3. The van der Waals surface area contributed by atoms with Gasteiger partial charge in [-0.25, -0.2) is 0 Å². The Hall–Kier alpha value is -1.16. The number of carboxylic acid groups (broad SMARTS) is 1. The van der Waals surface area contributed by atoms with Gasteiger partial charge in [0.1, 0.15) is 6.29 Å². The molecule has 0 heterocycles. The summed E-state index contributed by atoms with van der Waals surface area (Å²) in [6.07, 6.45) is 8.13. The summed E-state index contributed by atoms with van der Waals surface area (Å²) in [5.41, 5.74) is 0.153. The maximum atomic E-state index is 12.8. The molecule has 5 aliphatic rings. The van der Waals surface area contributed by atoms with E-state index in [1.54, 1.807) is 0 Å². The number of carboxylic acids is 1. The Kier molecular flexibility index (Phi) is 5.20. The lowest BCUT2D eigenvalue weighted by Gasteiger charge is -2.70. The van der Waals surface area contributed by atoms with Crippen molar-refractivity contribution in [1.82, 2.24) is 0 Å². The fourth-order valence-electron chi connectivity index (χ4n) is 11.7. The van der Waals surface area contributed by atoms with Gasteiger partial charge in [-0.2, -0.15) is 0 Å². The third-order valence-corrected chi connectivity index (χ3v) is 13.5. The van der Waals surface area contributed by atoms with Crippen molar-refractivity contribution in [1.29, 1.82) is 0 Å². The summed E-state index contributed by atoms with van der Waals surface area (Å²) in [5.74, 6) is 0.617. The van der Waals surface area contributed by atoms with Crippen molar-refractivity contribution >= 4 is 12.3 Å². The highest BCUT2D eigenvalue weighted by molar-refractivity contribution is 5.76. The second kappa shape index (κ2) is 7.20. The maximum absolute atomic E-state index is 12.8. The highest BCUT2D eigenvalue weighted by Crippen LogP contribution is 2.78. The SMILES string of the molecule is C=C(C)[C@@H]1CC[C@@]2(C(=O)O)CC[C@]3(C)[C@@H](CC[C@H]4[C@@]5(C)[C@H](C=O)[C@H](O)C(C)(C)[C@@H]5CC[C@@]43C)[C@H]12. The Morgan fingerprint density at radius 2 is 1.59 bits per heavy atom. The molecule has 0 spiro atoms. The predicted molar refractivity (Wildman–Crippen MR) is 133 cm³/mol. The minimum Gasteiger partial charge on any atom is -0.481 e. The Balaban J connectivity index is 1.61. The standard InChI is InChI=1S/C30H46O4/c1-17(2)18-10-13-30(25(33)34)15-14-27(5)19(23(18)30)8-9-22-28(27,6)12-11-21-26(3,4)24(32)20(16-31)29(21,22)7/h16,18-24,32H,1,8-15H2,2-7H3,(H,33,34)/t18-,19-,20+,21-,22+,23-,24-,27+,28-,29-,30+/m0/s1. The van der Waals surface area contributed by atoms with E-state index in [1.165, 1.54) is 0 Å². The first-order chi connectivity index (χ1) is 15.7. The van der Waals surface area contributed by atoms with Crippen LogP contribution in [0.15, 0.2) is 12.2 Å². The van der Waals surface area contributed by atoms with Gasteiger partial charge in [0.05, 0.1) is 11.5 Å². The number of aliphatic hydroxyl groups is 1. The van der Waals surface area contributed by atoms with Gasteiger partial charge in [0, 0.05) is 5.92 Å². The number of carbonyl (C=O) groups excluding carboxylic acids is 1. The summed E-state index contributed by atoms with van der Waals surface area (Å²) >= 11 is 0. The van der Waals surface area contributed by atoms with E-state index >= 15 is 0 Å². The summed E-state index contributed by atoms with van der Waals surface area (Å²) in [7, 11) is 0. The molecule has 11 atom stereocenters. The van der Waals surface area contributed by atoms with Crippen molar-refractivity contribution in [2.75, 3.05) is 0 Å². The number of aldehydes is 1. The van der Waals surface area contributed by atoms with Crippen LogP contribution in [0.5, 0.6) is 0 Å². The molecule has 0 bridgehead atoms. The first-order valence-electron chi connectivity index (χ1n) is 13.8. The minimum absolute atomic E-state index is 0.0371. The summed E-state index contributed by atoms with van der Waals surface area (Å²) < 4.78 is 0. The predicted octanol–water partition coefficient (Wildman–Crippen LogP) is 6.12. The van der Waals surface area contributed by atoms with Crippen LogP contribution in [0.4, 0.5) is 0 Å². The van der Waals surface area contributed by atoms with Gasteiger partial charge in [0.2, 0.25) is 0 Å². The largest absolute Gasteiger partial charge is 0.481 e. The van der Waals surface area contributed by atoms with E-state index < -0.39 is 17.5 Å². The molecule has 0 unspecified atom stereocenters. The van der Waals surface area contributed by atoms with E-state index in [-0.39, 0.29) is 33.5 Å². The molecule has 34 heavy (non-hydrogen) atoms. The Morgan fingerprint density at radius 1 is 0.912 bits per heavy atom. The molecule has 0 aromatic carbocycles. The molecule has 190 valence electrons. The normalized spacial score (nSPS) is 55.4. The molecular formula is C30H46O4. The van der Waals surface area contributed by atoms with E-state index in [2.05, 4.69) is 48.1 Å². The Bertz CT molecular complexity index is 923. The van der Waals surface area contributed by atoms with Crippen molar-refractivity contribution in [2.45, 2.75) is 99.0 Å². The van der Waals surface area contributed by atoms with Crippen molar-refractivity contribution in [3.8, 4) is 0 Å². The zero-order chi connectivity index (χ0) is 25.1. The molecule has 0 aliphatic heterocycles. The van der Waals surface area contributed by atoms with Gasteiger partial charge in [-0.1, -0.05) is 46.8 Å². The first-order valence-corrected chi connectivity index (χ1v) is 13.8. The number of carbonyl (C=O) groups is 2. The number of hydrogen-bond donors (Lipinski definition) is 2. The molecule has 0 amide bonds. The first kappa shape index (κ1) is 24.5. The van der Waals surface area contributed by atoms with E-state index in [9.17, 15) is 19.8 Å². The Labute approximate surface area is 206 Å². The van der Waals surface area contributed by atoms with Crippen molar-refractivity contribution in [3.05, 3.63) is 12.2 Å². The maximum Gasteiger partial charge on any atom is 0.309 e. The average Bonchev–Trinajstić information content (AvgIpc) is 3.22. The monoisotopic (exact) mass is 470 g/mol. The van der Waals surface area contributed by atoms with Crippen LogP contribution in [0.2, 0.25) is 0 Å². The van der Waals surface area contributed by atoms with E-state index in [0.29, 0.717) is 23.7 Å². The molecule has 0 aromatic rings. The summed E-state index contributed by atoms with van der Waals surface area (Å²) in [6, 6.07) is 0. The quantitative estimate of drug-likeness (QED) is 0.385. The molecule has 4 heteroatoms. The molecule has 5 rings (SSSR count). The lowest BCUT2D eigenvalue weighted by atomic mass is 9.34. The van der Waals surface area contributed by atoms with Gasteiger partial charge in [-0.05, 0) is 110 Å². The number of aliphatic carboxylic acids is 1. The summed E-state index contributed by atoms with van der Waals surface area (Å²) in [6.45, 7) is 18.0. The molecule has 5 fully saturated rings. The van der Waals surface area contributed by atoms with Crippen LogP contribution >= 0.6 is 0 Å². The van der Waals surface area contributed by atoms with Gasteiger partial charge in [-0.15, -0.1) is 0 Å². The molecule has 4 nitrogen and oxygen atoms in total. The number of allylic oxidation sites excluding steroid dienone is 1. The van der Waals surface area contributed by atoms with Crippen LogP contribution in [0, 0.1) is 62.6 Å². The second-order valence-corrected chi connectivity index (χ2v) is 14.4. The number of hydrogen-bond acceptors (Lipinski definition) is 3. The van der Waals surface area contributed by atoms with E-state index in [0.717, 1.165) is 63.2 Å². The molecular weight excluding hydrogens is 424 g/mol. The zero-order valence-corrected chi connectivity index (χ0v) is 22.2. The van der Waals surface area contributed by atoms with E-state index in [4.69, 9.17) is 0 Å². The molecule has 0 radical (unpaired) electrons. The fourth-order valence-corrected chi connectivity index (χ4v) is 11.7. The Morgan fingerprint density at radius 3 is 2.18 bits per heavy atom. The highest BCUT2D eigenvalue weighted by atomic mass is 16.4. The minimum atomic E-state index is -0.602. The number of fused-ring (bicyclic) bond motifs is 7. The van der Waals surface area contributed by atoms with Crippen molar-refractivity contribution < 1.29 is 19.8 Å². The van der Waals surface area contributed by atoms with Crippen LogP contribution in [0.1, 0.15) is 92.9 Å². The van der Waals surface area contributed by atoms with Crippen LogP contribution in [-0.2, 0) is 9.59 Å². The van der Waals surface area contributed by atoms with Crippen LogP contribution in [-0.4, -0.2) is 28.6 Å². The molecule has 0 saturated heterocycles. The topological polar surface area (TPSA) is 74.6 Å². The van der Waals surface area contributed by atoms with Crippen LogP contribution in [0.3, 0.4) is 0 Å².